The molecule has 0 atom stereocenters. The van der Waals surface area contributed by atoms with E-state index in [1.807, 2.05) is 24.3 Å². The van der Waals surface area contributed by atoms with Crippen molar-refractivity contribution in [2.45, 2.75) is 13.3 Å². The molecule has 0 spiro atoms. The number of benzene rings is 1. The number of nitrogens with one attached hydrogen (secondary N) is 2. The summed E-state index contributed by atoms with van der Waals surface area (Å²) in [6.07, 6.45) is 2.76. The number of anilines is 1. The first-order valence-corrected chi connectivity index (χ1v) is 6.06. The quantitative estimate of drug-likeness (QED) is 0.746. The average Bonchev–Trinajstić information content (AvgIpc) is 2.39. The molecule has 0 aliphatic heterocycles. The summed E-state index contributed by atoms with van der Waals surface area (Å²) in [6.45, 7) is 5.05. The van der Waals surface area contributed by atoms with E-state index in [4.69, 9.17) is 0 Å². The van der Waals surface area contributed by atoms with Gasteiger partial charge in [0, 0.05) is 18.5 Å². The summed E-state index contributed by atoms with van der Waals surface area (Å²) in [5, 5.41) is 7.75. The molecule has 1 aromatic heterocycles. The Bertz CT molecular complexity index is 464. The zero-order valence-electron chi connectivity index (χ0n) is 10.1. The number of nitrogens with zero attached hydrogens (tertiary/aromatic N) is 2. The third-order valence-corrected chi connectivity index (χ3v) is 2.56. The minimum atomic E-state index is 0.876. The molecular weight excluding hydrogens is 212 g/mol. The predicted molar refractivity (Wildman–Crippen MR) is 71.2 cm³/mol. The highest BCUT2D eigenvalue weighted by molar-refractivity contribution is 5.88. The number of fused-ring (bicyclic) bond motifs is 1. The van der Waals surface area contributed by atoms with Gasteiger partial charge in [-0.25, -0.2) is 9.97 Å². The van der Waals surface area contributed by atoms with E-state index in [2.05, 4.69) is 27.5 Å². The molecule has 17 heavy (non-hydrogen) atoms. The van der Waals surface area contributed by atoms with E-state index in [0.717, 1.165) is 42.8 Å². The molecule has 0 unspecified atom stereocenters. The van der Waals surface area contributed by atoms with Gasteiger partial charge in [0.1, 0.15) is 12.1 Å². The Morgan fingerprint density at radius 3 is 2.82 bits per heavy atom. The van der Waals surface area contributed by atoms with Gasteiger partial charge in [0.2, 0.25) is 0 Å². The van der Waals surface area contributed by atoms with Crippen molar-refractivity contribution in [1.29, 1.82) is 0 Å². The van der Waals surface area contributed by atoms with Gasteiger partial charge in [0.15, 0.2) is 0 Å². The maximum absolute atomic E-state index is 4.27. The van der Waals surface area contributed by atoms with Crippen molar-refractivity contribution in [3.05, 3.63) is 30.6 Å². The number of hydrogen-bond donors (Lipinski definition) is 2. The Morgan fingerprint density at radius 2 is 1.94 bits per heavy atom. The maximum Gasteiger partial charge on any atom is 0.137 e. The average molecular weight is 230 g/mol. The van der Waals surface area contributed by atoms with Gasteiger partial charge in [-0.2, -0.15) is 0 Å². The molecule has 2 aromatic rings. The van der Waals surface area contributed by atoms with Crippen LogP contribution in [0.25, 0.3) is 10.9 Å². The minimum absolute atomic E-state index is 0.876. The van der Waals surface area contributed by atoms with Crippen LogP contribution in [0.3, 0.4) is 0 Å². The molecule has 0 aliphatic carbocycles. The molecule has 0 aliphatic rings. The highest BCUT2D eigenvalue weighted by atomic mass is 15.0. The first-order chi connectivity index (χ1) is 8.42. The summed E-state index contributed by atoms with van der Waals surface area (Å²) in [5.41, 5.74) is 0.978. The molecule has 0 radical (unpaired) electrons. The van der Waals surface area contributed by atoms with Gasteiger partial charge < -0.3 is 10.6 Å². The third kappa shape index (κ3) is 3.14. The largest absolute Gasteiger partial charge is 0.368 e. The van der Waals surface area contributed by atoms with Crippen molar-refractivity contribution < 1.29 is 0 Å². The van der Waals surface area contributed by atoms with E-state index in [-0.39, 0.29) is 0 Å². The van der Waals surface area contributed by atoms with Gasteiger partial charge in [-0.05, 0) is 25.1 Å². The van der Waals surface area contributed by atoms with Crippen molar-refractivity contribution in [3.63, 3.8) is 0 Å². The van der Waals surface area contributed by atoms with Crippen LogP contribution in [0.15, 0.2) is 30.6 Å². The molecule has 2 N–H and O–H groups in total. The van der Waals surface area contributed by atoms with Crippen molar-refractivity contribution in [2.75, 3.05) is 25.0 Å². The topological polar surface area (TPSA) is 49.8 Å². The van der Waals surface area contributed by atoms with Crippen LogP contribution in [0.1, 0.15) is 13.3 Å². The van der Waals surface area contributed by atoms with Gasteiger partial charge >= 0.3 is 0 Å². The van der Waals surface area contributed by atoms with Crippen LogP contribution in [0, 0.1) is 0 Å². The summed E-state index contributed by atoms with van der Waals surface area (Å²) in [6, 6.07) is 8.03. The van der Waals surface area contributed by atoms with E-state index in [1.165, 1.54) is 0 Å². The van der Waals surface area contributed by atoms with E-state index < -0.39 is 0 Å². The van der Waals surface area contributed by atoms with Gasteiger partial charge in [0.25, 0.3) is 0 Å². The summed E-state index contributed by atoms with van der Waals surface area (Å²) in [4.78, 5) is 8.51. The molecule has 0 saturated carbocycles. The van der Waals surface area contributed by atoms with E-state index in [9.17, 15) is 0 Å². The van der Waals surface area contributed by atoms with Crippen LogP contribution >= 0.6 is 0 Å². The molecule has 4 heteroatoms. The lowest BCUT2D eigenvalue weighted by atomic mass is 10.2. The van der Waals surface area contributed by atoms with Gasteiger partial charge in [0.05, 0.1) is 5.52 Å². The zero-order valence-corrected chi connectivity index (χ0v) is 10.1. The molecule has 1 aromatic carbocycles. The second-order valence-corrected chi connectivity index (χ2v) is 3.92. The molecule has 0 bridgehead atoms. The van der Waals surface area contributed by atoms with Gasteiger partial charge in [-0.1, -0.05) is 19.1 Å². The van der Waals surface area contributed by atoms with Crippen LogP contribution in [0.2, 0.25) is 0 Å². The highest BCUT2D eigenvalue weighted by Crippen LogP contribution is 2.17. The first kappa shape index (κ1) is 11.8. The van der Waals surface area contributed by atoms with E-state index >= 15 is 0 Å². The smallest absolute Gasteiger partial charge is 0.137 e. The second kappa shape index (κ2) is 6.15. The maximum atomic E-state index is 4.27. The Morgan fingerprint density at radius 1 is 1.06 bits per heavy atom. The van der Waals surface area contributed by atoms with Crippen molar-refractivity contribution in [1.82, 2.24) is 15.3 Å². The molecule has 90 valence electrons. The Balaban J connectivity index is 1.98. The first-order valence-electron chi connectivity index (χ1n) is 6.06. The molecule has 0 amide bonds. The summed E-state index contributed by atoms with van der Waals surface area (Å²) in [5.74, 6) is 0.911. The van der Waals surface area contributed by atoms with Crippen molar-refractivity contribution in [3.8, 4) is 0 Å². The standard InChI is InChI=1S/C13H18N4/c1-2-7-14-8-9-15-13-11-5-3-4-6-12(11)16-10-17-13/h3-6,10,14H,2,7-9H2,1H3,(H,15,16,17). The molecule has 4 nitrogen and oxygen atoms in total. The van der Waals surface area contributed by atoms with Crippen molar-refractivity contribution >= 4 is 16.7 Å². The van der Waals surface area contributed by atoms with Crippen LogP contribution in [-0.2, 0) is 0 Å². The van der Waals surface area contributed by atoms with Crippen LogP contribution < -0.4 is 10.6 Å². The lowest BCUT2D eigenvalue weighted by Gasteiger charge is -2.08. The summed E-state index contributed by atoms with van der Waals surface area (Å²) >= 11 is 0. The second-order valence-electron chi connectivity index (χ2n) is 3.92. The van der Waals surface area contributed by atoms with E-state index in [1.54, 1.807) is 6.33 Å². The van der Waals surface area contributed by atoms with Crippen LogP contribution in [-0.4, -0.2) is 29.6 Å². The third-order valence-electron chi connectivity index (χ3n) is 2.56. The molecular formula is C13H18N4. The summed E-state index contributed by atoms with van der Waals surface area (Å²) in [7, 11) is 0. The Kier molecular flexibility index (Phi) is 4.27. The van der Waals surface area contributed by atoms with Crippen molar-refractivity contribution in [2.24, 2.45) is 0 Å². The number of aromatic nitrogens is 2. The van der Waals surface area contributed by atoms with E-state index in [0.29, 0.717) is 0 Å². The fourth-order valence-electron chi connectivity index (χ4n) is 1.72. The molecule has 2 rings (SSSR count). The fraction of sp³-hybridized carbons (Fsp3) is 0.385. The lowest BCUT2D eigenvalue weighted by molar-refractivity contribution is 0.687. The lowest BCUT2D eigenvalue weighted by Crippen LogP contribution is -2.23. The predicted octanol–water partition coefficient (Wildman–Crippen LogP) is 2.04. The van der Waals surface area contributed by atoms with Gasteiger partial charge in [-0.3, -0.25) is 0 Å². The fourth-order valence-corrected chi connectivity index (χ4v) is 1.72. The Hall–Kier alpha value is -1.68. The molecule has 0 saturated heterocycles. The van der Waals surface area contributed by atoms with Gasteiger partial charge in [-0.15, -0.1) is 0 Å². The minimum Gasteiger partial charge on any atom is -0.368 e. The summed E-state index contributed by atoms with van der Waals surface area (Å²) < 4.78 is 0. The number of para-hydroxylation sites is 1. The Labute approximate surface area is 101 Å². The molecule has 1 heterocycles. The zero-order chi connectivity index (χ0) is 11.9. The number of rotatable bonds is 6. The van der Waals surface area contributed by atoms with Crippen LogP contribution in [0.5, 0.6) is 0 Å². The molecule has 0 fully saturated rings. The SMILES string of the molecule is CCCNCCNc1ncnc2ccccc12. The monoisotopic (exact) mass is 230 g/mol. The highest BCUT2D eigenvalue weighted by Gasteiger charge is 2.00. The normalized spacial score (nSPS) is 10.6. The van der Waals surface area contributed by atoms with Crippen LogP contribution in [0.4, 0.5) is 5.82 Å². The number of hydrogen-bond acceptors (Lipinski definition) is 4.